The van der Waals surface area contributed by atoms with Crippen LogP contribution in [-0.2, 0) is 4.79 Å². The quantitative estimate of drug-likeness (QED) is 0.800. The number of carbonyl (C=O) groups is 1. The Morgan fingerprint density at radius 3 is 2.72 bits per heavy atom. The number of nitrogens with one attached hydrogen (secondary N) is 1. The number of hydrogen-bond acceptors (Lipinski definition) is 2. The van der Waals surface area contributed by atoms with Crippen LogP contribution in [0.15, 0.2) is 24.3 Å². The summed E-state index contributed by atoms with van der Waals surface area (Å²) in [6.45, 7) is 6.63. The molecule has 0 heterocycles. The van der Waals surface area contributed by atoms with E-state index >= 15 is 0 Å². The van der Waals surface area contributed by atoms with Gasteiger partial charge in [-0.1, -0.05) is 19.9 Å². The number of benzene rings is 1. The van der Waals surface area contributed by atoms with Gasteiger partial charge in [0.2, 0.25) is 5.91 Å². The third kappa shape index (κ3) is 5.41. The van der Waals surface area contributed by atoms with Crippen LogP contribution in [0.5, 0.6) is 5.75 Å². The van der Waals surface area contributed by atoms with Crippen molar-refractivity contribution in [1.82, 2.24) is 0 Å². The van der Waals surface area contributed by atoms with E-state index in [9.17, 15) is 4.79 Å². The van der Waals surface area contributed by atoms with Gasteiger partial charge in [0.15, 0.2) is 0 Å². The predicted molar refractivity (Wildman–Crippen MR) is 75.3 cm³/mol. The molecule has 1 aromatic carbocycles. The summed E-state index contributed by atoms with van der Waals surface area (Å²) in [6.07, 6.45) is 1.01. The molecular weight excluding hydrogens is 250 g/mol. The van der Waals surface area contributed by atoms with E-state index in [1.165, 1.54) is 0 Å². The van der Waals surface area contributed by atoms with Crippen molar-refractivity contribution >= 4 is 23.2 Å². The molecule has 0 bridgehead atoms. The van der Waals surface area contributed by atoms with Gasteiger partial charge in [-0.25, -0.2) is 0 Å². The van der Waals surface area contributed by atoms with Gasteiger partial charge >= 0.3 is 0 Å². The van der Waals surface area contributed by atoms with Crippen LogP contribution in [0.2, 0.25) is 0 Å². The van der Waals surface area contributed by atoms with E-state index in [0.717, 1.165) is 12.2 Å². The van der Waals surface area contributed by atoms with Crippen LogP contribution in [0.3, 0.4) is 0 Å². The third-order valence-corrected chi connectivity index (χ3v) is 2.62. The molecule has 0 spiro atoms. The van der Waals surface area contributed by atoms with Crippen LogP contribution >= 0.6 is 11.6 Å². The zero-order valence-electron chi connectivity index (χ0n) is 11.1. The number of rotatable bonds is 6. The molecule has 4 heteroatoms. The zero-order chi connectivity index (χ0) is 13.5. The Hall–Kier alpha value is -1.22. The minimum absolute atomic E-state index is 0.212. The van der Waals surface area contributed by atoms with Gasteiger partial charge in [-0.05, 0) is 31.4 Å². The summed E-state index contributed by atoms with van der Waals surface area (Å²) in [5.41, 5.74) is 0.703. The fourth-order valence-corrected chi connectivity index (χ4v) is 1.37. The van der Waals surface area contributed by atoms with Crippen molar-refractivity contribution in [3.63, 3.8) is 0 Å². The number of alkyl halides is 1. The maximum atomic E-state index is 11.4. The van der Waals surface area contributed by atoms with Crippen molar-refractivity contribution in [2.24, 2.45) is 5.92 Å². The molecule has 3 nitrogen and oxygen atoms in total. The highest BCUT2D eigenvalue weighted by atomic mass is 35.5. The lowest BCUT2D eigenvalue weighted by molar-refractivity contribution is -0.115. The lowest BCUT2D eigenvalue weighted by atomic mass is 10.1. The molecule has 0 aliphatic carbocycles. The fourth-order valence-electron chi connectivity index (χ4n) is 1.32. The van der Waals surface area contributed by atoms with Crippen LogP contribution < -0.4 is 10.1 Å². The van der Waals surface area contributed by atoms with Crippen LogP contribution in [0, 0.1) is 5.92 Å². The van der Waals surface area contributed by atoms with Crippen molar-refractivity contribution in [2.45, 2.75) is 32.6 Å². The molecule has 1 unspecified atom stereocenters. The minimum atomic E-state index is -0.546. The first-order valence-corrected chi connectivity index (χ1v) is 6.60. The highest BCUT2D eigenvalue weighted by Gasteiger charge is 2.09. The van der Waals surface area contributed by atoms with Crippen molar-refractivity contribution in [1.29, 1.82) is 0 Å². The maximum absolute atomic E-state index is 11.4. The van der Waals surface area contributed by atoms with E-state index in [0.29, 0.717) is 18.2 Å². The van der Waals surface area contributed by atoms with Gasteiger partial charge in [0.1, 0.15) is 11.1 Å². The molecule has 1 rings (SSSR count). The number of amides is 1. The second kappa shape index (κ2) is 7.27. The van der Waals surface area contributed by atoms with Crippen molar-refractivity contribution < 1.29 is 9.53 Å². The summed E-state index contributed by atoms with van der Waals surface area (Å²) in [7, 11) is 0. The van der Waals surface area contributed by atoms with E-state index in [1.807, 2.05) is 18.2 Å². The molecule has 1 atom stereocenters. The summed E-state index contributed by atoms with van der Waals surface area (Å²) >= 11 is 5.69. The van der Waals surface area contributed by atoms with Crippen molar-refractivity contribution in [3.05, 3.63) is 24.3 Å². The number of anilines is 1. The number of carbonyl (C=O) groups excluding carboxylic acids is 1. The Morgan fingerprint density at radius 2 is 2.11 bits per heavy atom. The first-order chi connectivity index (χ1) is 8.49. The second-order valence-corrected chi connectivity index (χ2v) is 5.32. The van der Waals surface area contributed by atoms with Gasteiger partial charge < -0.3 is 10.1 Å². The summed E-state index contributed by atoms with van der Waals surface area (Å²) in [5.74, 6) is 1.16. The van der Waals surface area contributed by atoms with E-state index in [4.69, 9.17) is 16.3 Å². The molecule has 1 aromatic rings. The van der Waals surface area contributed by atoms with Crippen LogP contribution in [0.1, 0.15) is 27.2 Å². The molecule has 0 saturated heterocycles. The molecule has 0 saturated carbocycles. The van der Waals surface area contributed by atoms with Crippen LogP contribution in [-0.4, -0.2) is 17.9 Å². The van der Waals surface area contributed by atoms with Gasteiger partial charge in [-0.2, -0.15) is 0 Å². The van der Waals surface area contributed by atoms with Gasteiger partial charge in [0.05, 0.1) is 6.61 Å². The average molecular weight is 270 g/mol. The highest BCUT2D eigenvalue weighted by molar-refractivity contribution is 6.32. The smallest absolute Gasteiger partial charge is 0.242 e. The number of ether oxygens (including phenoxy) is 1. The zero-order valence-corrected chi connectivity index (χ0v) is 11.8. The Balaban J connectivity index is 2.54. The number of halogens is 1. The summed E-state index contributed by atoms with van der Waals surface area (Å²) in [6, 6.07) is 7.34. The van der Waals surface area contributed by atoms with Gasteiger partial charge in [-0.3, -0.25) is 4.79 Å². The van der Waals surface area contributed by atoms with E-state index in [1.54, 1.807) is 13.0 Å². The van der Waals surface area contributed by atoms with Crippen molar-refractivity contribution in [3.8, 4) is 5.75 Å². The lowest BCUT2D eigenvalue weighted by Crippen LogP contribution is -2.20. The molecule has 1 amide bonds. The molecule has 18 heavy (non-hydrogen) atoms. The van der Waals surface area contributed by atoms with Gasteiger partial charge in [-0.15, -0.1) is 11.6 Å². The van der Waals surface area contributed by atoms with Gasteiger partial charge in [0, 0.05) is 11.8 Å². The summed E-state index contributed by atoms with van der Waals surface area (Å²) in [5, 5.41) is 2.18. The Labute approximate surface area is 113 Å². The van der Waals surface area contributed by atoms with E-state index in [2.05, 4.69) is 19.2 Å². The van der Waals surface area contributed by atoms with Crippen LogP contribution in [0.4, 0.5) is 5.69 Å². The van der Waals surface area contributed by atoms with E-state index < -0.39 is 5.38 Å². The minimum Gasteiger partial charge on any atom is -0.494 e. The monoisotopic (exact) mass is 269 g/mol. The molecule has 100 valence electrons. The largest absolute Gasteiger partial charge is 0.494 e. The predicted octanol–water partition coefficient (Wildman–Crippen LogP) is 3.68. The van der Waals surface area contributed by atoms with E-state index in [-0.39, 0.29) is 5.91 Å². The fraction of sp³-hybridized carbons (Fsp3) is 0.500. The Bertz CT molecular complexity index is 391. The summed E-state index contributed by atoms with van der Waals surface area (Å²) in [4.78, 5) is 11.4. The lowest BCUT2D eigenvalue weighted by Gasteiger charge is -2.10. The first-order valence-electron chi connectivity index (χ1n) is 6.17. The maximum Gasteiger partial charge on any atom is 0.242 e. The first kappa shape index (κ1) is 14.8. The Kier molecular flexibility index (Phi) is 5.99. The third-order valence-electron chi connectivity index (χ3n) is 2.43. The molecule has 0 aliphatic rings. The molecule has 0 aliphatic heterocycles. The molecule has 0 aromatic heterocycles. The molecule has 0 fully saturated rings. The second-order valence-electron chi connectivity index (χ2n) is 4.66. The van der Waals surface area contributed by atoms with Crippen LogP contribution in [0.25, 0.3) is 0 Å². The molecule has 0 radical (unpaired) electrons. The molecular formula is C14H20ClNO2. The average Bonchev–Trinajstić information content (AvgIpc) is 2.28. The molecule has 1 N–H and O–H groups in total. The van der Waals surface area contributed by atoms with Crippen molar-refractivity contribution in [2.75, 3.05) is 11.9 Å². The normalized spacial score (nSPS) is 12.3. The highest BCUT2D eigenvalue weighted by Crippen LogP contribution is 2.18. The Morgan fingerprint density at radius 1 is 1.39 bits per heavy atom. The standard InChI is InChI=1S/C14H20ClNO2/c1-10(2)7-8-18-13-6-4-5-12(9-13)16-14(17)11(3)15/h4-6,9-11H,7-8H2,1-3H3,(H,16,17). The summed E-state index contributed by atoms with van der Waals surface area (Å²) < 4.78 is 5.62. The number of hydrogen-bond donors (Lipinski definition) is 1. The SMILES string of the molecule is CC(C)CCOc1cccc(NC(=O)C(C)Cl)c1. The van der Waals surface area contributed by atoms with Gasteiger partial charge in [0.25, 0.3) is 0 Å². The topological polar surface area (TPSA) is 38.3 Å².